The van der Waals surface area contributed by atoms with E-state index >= 15 is 0 Å². The van der Waals surface area contributed by atoms with Crippen LogP contribution in [0.25, 0.3) is 0 Å². The quantitative estimate of drug-likeness (QED) is 0.593. The van der Waals surface area contributed by atoms with Gasteiger partial charge >= 0.3 is 12.1 Å². The van der Waals surface area contributed by atoms with Crippen molar-refractivity contribution in [2.24, 2.45) is 7.05 Å². The monoisotopic (exact) mass is 362 g/mol. The van der Waals surface area contributed by atoms with Crippen molar-refractivity contribution in [3.63, 3.8) is 0 Å². The van der Waals surface area contributed by atoms with Crippen molar-refractivity contribution in [3.05, 3.63) is 52.3 Å². The maximum atomic E-state index is 13.2. The Hall–Kier alpha value is -2.45. The largest absolute Gasteiger partial charge is 0.462 e. The third-order valence-corrected chi connectivity index (χ3v) is 3.50. The van der Waals surface area contributed by atoms with Crippen molar-refractivity contribution in [1.82, 2.24) is 9.78 Å². The summed E-state index contributed by atoms with van der Waals surface area (Å²) in [6.45, 7) is 1.53. The lowest BCUT2D eigenvalue weighted by molar-refractivity contribution is -0.137. The van der Waals surface area contributed by atoms with Crippen LogP contribution in [0.3, 0.4) is 0 Å². The number of aryl methyl sites for hydroxylation is 1. The van der Waals surface area contributed by atoms with Gasteiger partial charge in [0.05, 0.1) is 17.9 Å². The molecule has 4 nitrogen and oxygen atoms in total. The molecule has 0 spiro atoms. The molecule has 0 N–H and O–H groups in total. The smallest absolute Gasteiger partial charge is 0.416 e. The van der Waals surface area contributed by atoms with E-state index in [4.69, 9.17) is 4.74 Å². The molecule has 0 bridgehead atoms. The van der Waals surface area contributed by atoms with Crippen molar-refractivity contribution in [1.29, 1.82) is 0 Å². The molecular formula is C16H15F5N2O2. The Morgan fingerprint density at radius 2 is 1.84 bits per heavy atom. The van der Waals surface area contributed by atoms with E-state index in [2.05, 4.69) is 5.10 Å². The second-order valence-corrected chi connectivity index (χ2v) is 5.22. The van der Waals surface area contributed by atoms with Gasteiger partial charge in [-0.25, -0.2) is 13.6 Å². The van der Waals surface area contributed by atoms with Gasteiger partial charge in [-0.1, -0.05) is 12.1 Å². The molecule has 0 aliphatic heterocycles. The molecule has 2 rings (SSSR count). The summed E-state index contributed by atoms with van der Waals surface area (Å²) >= 11 is 0. The molecule has 1 aromatic heterocycles. The van der Waals surface area contributed by atoms with Gasteiger partial charge in [0, 0.05) is 13.5 Å². The summed E-state index contributed by atoms with van der Waals surface area (Å²) in [7, 11) is 1.26. The molecule has 0 unspecified atom stereocenters. The van der Waals surface area contributed by atoms with Crippen LogP contribution in [0.1, 0.15) is 46.2 Å². The normalized spacial score (nSPS) is 11.8. The summed E-state index contributed by atoms with van der Waals surface area (Å²) in [5.41, 5.74) is -1.33. The average Bonchev–Trinajstić information content (AvgIpc) is 2.83. The SMILES string of the molecule is CCOC(=O)c1c(Cc2ccc(C(F)(F)F)cc2)nn(C)c1C(F)F. The first kappa shape index (κ1) is 18.9. The van der Waals surface area contributed by atoms with Crippen molar-refractivity contribution in [3.8, 4) is 0 Å². The minimum atomic E-state index is -4.47. The third kappa shape index (κ3) is 4.15. The first-order chi connectivity index (χ1) is 11.6. The topological polar surface area (TPSA) is 44.1 Å². The zero-order valence-electron chi connectivity index (χ0n) is 13.4. The summed E-state index contributed by atoms with van der Waals surface area (Å²) in [6.07, 6.45) is -7.49. The first-order valence-electron chi connectivity index (χ1n) is 7.32. The van der Waals surface area contributed by atoms with E-state index in [9.17, 15) is 26.7 Å². The van der Waals surface area contributed by atoms with Crippen LogP contribution in [0.5, 0.6) is 0 Å². The Kier molecular flexibility index (Phi) is 5.44. The van der Waals surface area contributed by atoms with E-state index in [0.29, 0.717) is 5.56 Å². The predicted octanol–water partition coefficient (Wildman–Crippen LogP) is 4.14. The highest BCUT2D eigenvalue weighted by atomic mass is 19.4. The van der Waals surface area contributed by atoms with Crippen LogP contribution in [0, 0.1) is 0 Å². The van der Waals surface area contributed by atoms with Crippen LogP contribution in [0.4, 0.5) is 22.0 Å². The van der Waals surface area contributed by atoms with E-state index in [1.54, 1.807) is 0 Å². The van der Waals surface area contributed by atoms with Crippen LogP contribution in [-0.4, -0.2) is 22.4 Å². The standard InChI is InChI=1S/C16H15F5N2O2/c1-3-25-15(24)12-11(22-23(2)13(12)14(17)18)8-9-4-6-10(7-5-9)16(19,20)21/h4-7,14H,3,8H2,1-2H3. The van der Waals surface area contributed by atoms with Crippen molar-refractivity contribution >= 4 is 5.97 Å². The highest BCUT2D eigenvalue weighted by molar-refractivity contribution is 5.92. The lowest BCUT2D eigenvalue weighted by atomic mass is 10.0. The van der Waals surface area contributed by atoms with Crippen molar-refractivity contribution < 1.29 is 31.5 Å². The van der Waals surface area contributed by atoms with Crippen LogP contribution < -0.4 is 0 Å². The lowest BCUT2D eigenvalue weighted by Gasteiger charge is -2.08. The zero-order chi connectivity index (χ0) is 18.8. The Balaban J connectivity index is 2.39. The number of hydrogen-bond acceptors (Lipinski definition) is 3. The van der Waals surface area contributed by atoms with Gasteiger partial charge in [0.15, 0.2) is 0 Å². The molecule has 9 heteroatoms. The summed E-state index contributed by atoms with van der Waals surface area (Å²) < 4.78 is 69.9. The Morgan fingerprint density at radius 3 is 2.32 bits per heavy atom. The van der Waals surface area contributed by atoms with Crippen molar-refractivity contribution in [2.45, 2.75) is 25.9 Å². The molecule has 0 saturated heterocycles. The number of esters is 1. The number of halogens is 5. The van der Waals surface area contributed by atoms with Gasteiger partial charge in [-0.2, -0.15) is 18.3 Å². The number of alkyl halides is 5. The number of aromatic nitrogens is 2. The van der Waals surface area contributed by atoms with Gasteiger partial charge in [0.2, 0.25) is 0 Å². The number of hydrogen-bond donors (Lipinski definition) is 0. The Bertz CT molecular complexity index is 751. The lowest BCUT2D eigenvalue weighted by Crippen LogP contribution is -2.11. The Labute approximate surface area is 140 Å². The van der Waals surface area contributed by atoms with Crippen LogP contribution in [0.15, 0.2) is 24.3 Å². The number of carbonyl (C=O) groups excluding carboxylic acids is 1. The highest BCUT2D eigenvalue weighted by Crippen LogP contribution is 2.30. The van der Waals surface area contributed by atoms with Crippen LogP contribution >= 0.6 is 0 Å². The second kappa shape index (κ2) is 7.20. The minimum absolute atomic E-state index is 0.00384. The fraction of sp³-hybridized carbons (Fsp3) is 0.375. The van der Waals surface area contributed by atoms with Gasteiger partial charge in [-0.15, -0.1) is 0 Å². The number of carbonyl (C=O) groups is 1. The van der Waals surface area contributed by atoms with E-state index in [-0.39, 0.29) is 24.3 Å². The average molecular weight is 362 g/mol. The van der Waals surface area contributed by atoms with Crippen molar-refractivity contribution in [2.75, 3.05) is 6.61 Å². The third-order valence-electron chi connectivity index (χ3n) is 3.50. The predicted molar refractivity (Wildman–Crippen MR) is 78.4 cm³/mol. The molecule has 1 aromatic carbocycles. The van der Waals surface area contributed by atoms with E-state index in [1.807, 2.05) is 0 Å². The summed E-state index contributed by atoms with van der Waals surface area (Å²) in [5, 5.41) is 3.92. The molecular weight excluding hydrogens is 347 g/mol. The number of nitrogens with zero attached hydrogens (tertiary/aromatic N) is 2. The first-order valence-corrected chi connectivity index (χ1v) is 7.32. The molecule has 0 radical (unpaired) electrons. The highest BCUT2D eigenvalue weighted by Gasteiger charge is 2.31. The molecule has 1 heterocycles. The fourth-order valence-electron chi connectivity index (χ4n) is 2.40. The number of rotatable bonds is 5. The van der Waals surface area contributed by atoms with Crippen LogP contribution in [-0.2, 0) is 24.4 Å². The minimum Gasteiger partial charge on any atom is -0.462 e. The van der Waals surface area contributed by atoms with E-state index in [1.165, 1.54) is 26.1 Å². The molecule has 0 amide bonds. The molecule has 0 fully saturated rings. The molecule has 0 saturated carbocycles. The van der Waals surface area contributed by atoms with E-state index in [0.717, 1.165) is 16.8 Å². The Morgan fingerprint density at radius 1 is 1.24 bits per heavy atom. The maximum Gasteiger partial charge on any atom is 0.416 e. The fourth-order valence-corrected chi connectivity index (χ4v) is 2.40. The number of ether oxygens (including phenoxy) is 1. The summed E-state index contributed by atoms with van der Waals surface area (Å²) in [4.78, 5) is 12.0. The summed E-state index contributed by atoms with van der Waals surface area (Å²) in [6, 6.07) is 4.20. The van der Waals surface area contributed by atoms with Crippen LogP contribution in [0.2, 0.25) is 0 Å². The molecule has 25 heavy (non-hydrogen) atoms. The summed E-state index contributed by atoms with van der Waals surface area (Å²) in [5.74, 6) is -0.937. The van der Waals surface area contributed by atoms with E-state index < -0.39 is 29.8 Å². The molecule has 136 valence electrons. The van der Waals surface area contributed by atoms with Gasteiger partial charge in [-0.05, 0) is 24.6 Å². The molecule has 2 aromatic rings. The molecule has 0 aliphatic carbocycles. The molecule has 0 atom stereocenters. The van der Waals surface area contributed by atoms with Gasteiger partial charge < -0.3 is 4.74 Å². The second-order valence-electron chi connectivity index (χ2n) is 5.22. The number of benzene rings is 1. The van der Waals surface area contributed by atoms with Gasteiger partial charge in [0.25, 0.3) is 6.43 Å². The van der Waals surface area contributed by atoms with Gasteiger partial charge in [-0.3, -0.25) is 4.68 Å². The zero-order valence-corrected chi connectivity index (χ0v) is 13.4. The van der Waals surface area contributed by atoms with Gasteiger partial charge in [0.1, 0.15) is 11.3 Å². The maximum absolute atomic E-state index is 13.2. The molecule has 0 aliphatic rings.